The first kappa shape index (κ1) is 21.8. The number of thioether (sulfide) groups is 1. The number of para-hydroxylation sites is 1. The van der Waals surface area contributed by atoms with Crippen LogP contribution in [0.5, 0.6) is 0 Å². The van der Waals surface area contributed by atoms with Crippen molar-refractivity contribution < 1.29 is 4.79 Å². The third-order valence-electron chi connectivity index (χ3n) is 5.71. The molecule has 1 fully saturated rings. The van der Waals surface area contributed by atoms with E-state index in [0.717, 1.165) is 36.3 Å². The molecule has 1 N–H and O–H groups in total. The molecule has 1 aliphatic rings. The molecule has 0 bridgehead atoms. The van der Waals surface area contributed by atoms with Gasteiger partial charge in [0.1, 0.15) is 6.33 Å². The summed E-state index contributed by atoms with van der Waals surface area (Å²) in [6.07, 6.45) is 5.19. The van der Waals surface area contributed by atoms with E-state index in [1.165, 1.54) is 30.2 Å². The van der Waals surface area contributed by atoms with E-state index in [0.29, 0.717) is 12.3 Å². The maximum atomic E-state index is 12.5. The number of likely N-dealkylation sites (tertiary alicyclic amines) is 1. The molecule has 0 radical (unpaired) electrons. The van der Waals surface area contributed by atoms with E-state index in [1.807, 2.05) is 16.7 Å². The van der Waals surface area contributed by atoms with Gasteiger partial charge in [0.05, 0.1) is 11.4 Å². The highest BCUT2D eigenvalue weighted by atomic mass is 32.2. The van der Waals surface area contributed by atoms with Gasteiger partial charge in [-0.15, -0.1) is 10.2 Å². The summed E-state index contributed by atoms with van der Waals surface area (Å²) in [6.45, 7) is 11.8. The molecule has 1 saturated heterocycles. The monoisotopic (exact) mass is 415 g/mol. The van der Waals surface area contributed by atoms with Crippen molar-refractivity contribution in [2.75, 3.05) is 25.4 Å². The average Bonchev–Trinajstić information content (AvgIpc) is 3.19. The zero-order valence-corrected chi connectivity index (χ0v) is 18.8. The number of amides is 1. The largest absolute Gasteiger partial charge is 0.354 e. The number of hydrogen-bond donors (Lipinski definition) is 1. The van der Waals surface area contributed by atoms with Gasteiger partial charge in [-0.25, -0.2) is 0 Å². The molecule has 6 nitrogen and oxygen atoms in total. The molecule has 1 atom stereocenters. The van der Waals surface area contributed by atoms with Crippen molar-refractivity contribution in [1.82, 2.24) is 25.0 Å². The van der Waals surface area contributed by atoms with Crippen molar-refractivity contribution in [3.05, 3.63) is 36.2 Å². The maximum absolute atomic E-state index is 12.5. The van der Waals surface area contributed by atoms with E-state index in [1.54, 1.807) is 6.33 Å². The van der Waals surface area contributed by atoms with Crippen LogP contribution in [0.2, 0.25) is 0 Å². The van der Waals surface area contributed by atoms with Gasteiger partial charge in [-0.3, -0.25) is 14.3 Å². The summed E-state index contributed by atoms with van der Waals surface area (Å²) in [4.78, 5) is 15.0. The smallest absolute Gasteiger partial charge is 0.230 e. The van der Waals surface area contributed by atoms with E-state index in [9.17, 15) is 4.79 Å². The Morgan fingerprint density at radius 2 is 2.14 bits per heavy atom. The van der Waals surface area contributed by atoms with Crippen LogP contribution < -0.4 is 5.32 Å². The van der Waals surface area contributed by atoms with Crippen LogP contribution in [0.4, 0.5) is 0 Å². The lowest BCUT2D eigenvalue weighted by Gasteiger charge is -2.43. The van der Waals surface area contributed by atoms with Crippen LogP contribution in [0.1, 0.15) is 46.1 Å². The predicted molar refractivity (Wildman–Crippen MR) is 119 cm³/mol. The van der Waals surface area contributed by atoms with Crippen LogP contribution >= 0.6 is 11.8 Å². The lowest BCUT2D eigenvalue weighted by atomic mass is 9.93. The van der Waals surface area contributed by atoms with Crippen LogP contribution in [0.3, 0.4) is 0 Å². The molecule has 1 unspecified atom stereocenters. The normalized spacial score (nSPS) is 18.0. The first-order chi connectivity index (χ1) is 13.9. The standard InChI is InChI=1S/C22H33N5OS/c1-5-18-10-6-7-11-19(18)27-16-24-25-21(27)29-14-20(28)23-15-22(3,4)26-12-8-9-17(2)13-26/h6-7,10-11,16-17H,5,8-9,12-15H2,1-4H3,(H,23,28). The van der Waals surface area contributed by atoms with E-state index >= 15 is 0 Å². The van der Waals surface area contributed by atoms with Crippen LogP contribution in [-0.4, -0.2) is 56.5 Å². The molecule has 1 aliphatic heterocycles. The molecule has 7 heteroatoms. The molecule has 1 amide bonds. The highest BCUT2D eigenvalue weighted by Crippen LogP contribution is 2.24. The molecule has 2 heterocycles. The molecule has 1 aromatic heterocycles. The highest BCUT2D eigenvalue weighted by Gasteiger charge is 2.30. The molecule has 0 spiro atoms. The van der Waals surface area contributed by atoms with Crippen molar-refractivity contribution in [2.45, 2.75) is 57.7 Å². The molecular weight excluding hydrogens is 382 g/mol. The Hall–Kier alpha value is -1.86. The molecule has 0 aliphatic carbocycles. The summed E-state index contributed by atoms with van der Waals surface area (Å²) in [5.74, 6) is 1.09. The number of carbonyl (C=O) groups excluding carboxylic acids is 1. The summed E-state index contributed by atoms with van der Waals surface area (Å²) in [5.41, 5.74) is 2.27. The number of benzene rings is 1. The second kappa shape index (κ2) is 9.76. The number of rotatable bonds is 8. The van der Waals surface area contributed by atoms with Crippen molar-refractivity contribution >= 4 is 17.7 Å². The van der Waals surface area contributed by atoms with Gasteiger partial charge in [0.15, 0.2) is 5.16 Å². The Kier molecular flexibility index (Phi) is 7.35. The first-order valence-electron chi connectivity index (χ1n) is 10.5. The van der Waals surface area contributed by atoms with E-state index in [2.05, 4.69) is 60.2 Å². The average molecular weight is 416 g/mol. The lowest BCUT2D eigenvalue weighted by Crippen LogP contribution is -2.54. The van der Waals surface area contributed by atoms with Crippen molar-refractivity contribution in [3.63, 3.8) is 0 Å². The van der Waals surface area contributed by atoms with Crippen molar-refractivity contribution in [3.8, 4) is 5.69 Å². The van der Waals surface area contributed by atoms with Gasteiger partial charge in [0.25, 0.3) is 0 Å². The van der Waals surface area contributed by atoms with Crippen LogP contribution in [0.15, 0.2) is 35.7 Å². The fourth-order valence-electron chi connectivity index (χ4n) is 3.88. The Balaban J connectivity index is 1.55. The summed E-state index contributed by atoms with van der Waals surface area (Å²) in [6, 6.07) is 8.23. The summed E-state index contributed by atoms with van der Waals surface area (Å²) in [5, 5.41) is 12.1. The van der Waals surface area contributed by atoms with Crippen molar-refractivity contribution in [2.24, 2.45) is 5.92 Å². The van der Waals surface area contributed by atoms with Crippen LogP contribution in [-0.2, 0) is 11.2 Å². The third kappa shape index (κ3) is 5.60. The van der Waals surface area contributed by atoms with E-state index in [-0.39, 0.29) is 11.4 Å². The maximum Gasteiger partial charge on any atom is 0.230 e. The van der Waals surface area contributed by atoms with E-state index in [4.69, 9.17) is 0 Å². The third-order valence-corrected chi connectivity index (χ3v) is 6.66. The topological polar surface area (TPSA) is 63.1 Å². The first-order valence-corrected chi connectivity index (χ1v) is 11.5. The van der Waals surface area contributed by atoms with Crippen molar-refractivity contribution in [1.29, 1.82) is 0 Å². The fraction of sp³-hybridized carbons (Fsp3) is 0.591. The zero-order valence-electron chi connectivity index (χ0n) is 18.0. The lowest BCUT2D eigenvalue weighted by molar-refractivity contribution is -0.119. The van der Waals surface area contributed by atoms with Crippen LogP contribution in [0.25, 0.3) is 5.69 Å². The number of nitrogens with zero attached hydrogens (tertiary/aromatic N) is 4. The van der Waals surface area contributed by atoms with Gasteiger partial charge in [0.2, 0.25) is 5.91 Å². The number of carbonyl (C=O) groups is 1. The van der Waals surface area contributed by atoms with E-state index < -0.39 is 0 Å². The minimum absolute atomic E-state index is 0.0326. The fourth-order valence-corrected chi connectivity index (χ4v) is 4.63. The van der Waals surface area contributed by atoms with Gasteiger partial charge in [-0.2, -0.15) is 0 Å². The molecule has 158 valence electrons. The molecule has 29 heavy (non-hydrogen) atoms. The SMILES string of the molecule is CCc1ccccc1-n1cnnc1SCC(=O)NCC(C)(C)N1CCCC(C)C1. The van der Waals surface area contributed by atoms with Gasteiger partial charge < -0.3 is 5.32 Å². The quantitative estimate of drug-likeness (QED) is 0.668. The Labute approximate surface area is 178 Å². The minimum Gasteiger partial charge on any atom is -0.354 e. The Morgan fingerprint density at radius 3 is 2.90 bits per heavy atom. The second-order valence-electron chi connectivity index (χ2n) is 8.54. The molecule has 1 aromatic carbocycles. The molecule has 0 saturated carbocycles. The summed E-state index contributed by atoms with van der Waals surface area (Å²) < 4.78 is 1.97. The number of aromatic nitrogens is 3. The number of nitrogens with one attached hydrogen (secondary N) is 1. The predicted octanol–water partition coefficient (Wildman–Crippen LogP) is 3.55. The van der Waals surface area contributed by atoms with Gasteiger partial charge in [-0.05, 0) is 57.2 Å². The second-order valence-corrected chi connectivity index (χ2v) is 9.48. The number of hydrogen-bond acceptors (Lipinski definition) is 5. The van der Waals surface area contributed by atoms with Gasteiger partial charge >= 0.3 is 0 Å². The Morgan fingerprint density at radius 1 is 1.34 bits per heavy atom. The Bertz CT molecular complexity index is 819. The minimum atomic E-state index is -0.0326. The molecule has 2 aromatic rings. The molecular formula is C22H33N5OS. The van der Waals surface area contributed by atoms with Gasteiger partial charge in [-0.1, -0.05) is 43.8 Å². The molecule has 3 rings (SSSR count). The van der Waals surface area contributed by atoms with Gasteiger partial charge in [0, 0.05) is 18.6 Å². The zero-order chi connectivity index (χ0) is 20.9. The number of aryl methyl sites for hydroxylation is 1. The van der Waals surface area contributed by atoms with Crippen LogP contribution in [0, 0.1) is 5.92 Å². The summed E-state index contributed by atoms with van der Waals surface area (Å²) in [7, 11) is 0. The summed E-state index contributed by atoms with van der Waals surface area (Å²) >= 11 is 1.43. The number of piperidine rings is 1. The highest BCUT2D eigenvalue weighted by molar-refractivity contribution is 7.99.